The van der Waals surface area contributed by atoms with Crippen LogP contribution in [0.15, 0.2) is 29.2 Å². The molecule has 3 saturated heterocycles. The van der Waals surface area contributed by atoms with Crippen LogP contribution in [-0.2, 0) is 38.0 Å². The Bertz CT molecular complexity index is 975. The number of fused-ring (bicyclic) bond motifs is 1. The van der Waals surface area contributed by atoms with E-state index in [-0.39, 0.29) is 23.0 Å². The molecule has 3 aliphatic heterocycles. The Labute approximate surface area is 189 Å². The predicted octanol–water partition coefficient (Wildman–Crippen LogP) is 2.13. The van der Waals surface area contributed by atoms with Crippen LogP contribution in [0, 0.1) is 6.92 Å². The molecule has 4 rings (SSSR count). The quantitative estimate of drug-likeness (QED) is 0.355. The van der Waals surface area contributed by atoms with Gasteiger partial charge in [0.05, 0.1) is 25.1 Å². The summed E-state index contributed by atoms with van der Waals surface area (Å²) in [7, 11) is -5.81. The summed E-state index contributed by atoms with van der Waals surface area (Å²) in [5, 5.41) is 2.81. The topological polar surface area (TPSA) is 109 Å². The lowest BCUT2D eigenvalue weighted by molar-refractivity contribution is -0.227. The SMILES string of the molecule is Cc1ccc(S(=O)(=O)OC[C@H]2O[C@@H]3OC(C)(C)O[C@@H]3[C@H]2O[C@H]2NC(=O)[C@H]2[Si](C)(C)C)cc1. The highest BCUT2D eigenvalue weighted by atomic mass is 32.2. The van der Waals surface area contributed by atoms with Crippen LogP contribution in [-0.4, -0.2) is 65.6 Å². The Hall–Kier alpha value is -1.34. The van der Waals surface area contributed by atoms with Crippen molar-refractivity contribution in [1.29, 1.82) is 0 Å². The lowest BCUT2D eigenvalue weighted by Crippen LogP contribution is -2.65. The summed E-state index contributed by atoms with van der Waals surface area (Å²) in [6.45, 7) is 11.5. The molecule has 0 aliphatic carbocycles. The fourth-order valence-electron chi connectivity index (χ4n) is 4.26. The van der Waals surface area contributed by atoms with Crippen molar-refractivity contribution in [2.45, 2.75) is 87.5 Å². The number of aryl methyl sites for hydroxylation is 1. The van der Waals surface area contributed by atoms with Gasteiger partial charge in [0.15, 0.2) is 12.1 Å². The Kier molecular flexibility index (Phi) is 6.06. The monoisotopic (exact) mass is 485 g/mol. The fraction of sp³-hybridized carbons (Fsp3) is 0.667. The van der Waals surface area contributed by atoms with Crippen LogP contribution in [0.25, 0.3) is 0 Å². The molecule has 3 fully saturated rings. The summed E-state index contributed by atoms with van der Waals surface area (Å²) in [6.07, 6.45) is -3.18. The minimum Gasteiger partial charge on any atom is -0.349 e. The van der Waals surface area contributed by atoms with E-state index in [4.69, 9.17) is 23.1 Å². The highest BCUT2D eigenvalue weighted by Gasteiger charge is 2.58. The van der Waals surface area contributed by atoms with Gasteiger partial charge in [-0.15, -0.1) is 0 Å². The first-order chi connectivity index (χ1) is 14.8. The van der Waals surface area contributed by atoms with E-state index in [1.165, 1.54) is 12.1 Å². The first kappa shape index (κ1) is 23.8. The number of nitrogens with one attached hydrogen (secondary N) is 1. The van der Waals surface area contributed by atoms with Crippen molar-refractivity contribution < 1.29 is 36.3 Å². The summed E-state index contributed by atoms with van der Waals surface area (Å²) in [4.78, 5) is 12.2. The summed E-state index contributed by atoms with van der Waals surface area (Å²) in [6, 6.07) is 6.41. The van der Waals surface area contributed by atoms with Crippen LogP contribution in [0.4, 0.5) is 0 Å². The second-order valence-corrected chi connectivity index (χ2v) is 17.0. The highest BCUT2D eigenvalue weighted by molar-refractivity contribution is 7.86. The van der Waals surface area contributed by atoms with E-state index in [0.717, 1.165) is 5.56 Å². The molecule has 1 amide bonds. The number of β-lactam (4-membered cyclic amide) rings is 1. The Morgan fingerprint density at radius 2 is 1.78 bits per heavy atom. The van der Waals surface area contributed by atoms with E-state index >= 15 is 0 Å². The molecule has 0 unspecified atom stereocenters. The molecular formula is C21H31NO8SSi. The van der Waals surface area contributed by atoms with Gasteiger partial charge >= 0.3 is 0 Å². The van der Waals surface area contributed by atoms with Gasteiger partial charge in [-0.05, 0) is 32.9 Å². The second-order valence-electron chi connectivity index (χ2n) is 10.1. The van der Waals surface area contributed by atoms with Crippen molar-refractivity contribution in [2.24, 2.45) is 0 Å². The largest absolute Gasteiger partial charge is 0.349 e. The van der Waals surface area contributed by atoms with Crippen molar-refractivity contribution in [3.05, 3.63) is 29.8 Å². The lowest BCUT2D eigenvalue weighted by Gasteiger charge is -2.44. The smallest absolute Gasteiger partial charge is 0.297 e. The van der Waals surface area contributed by atoms with Crippen molar-refractivity contribution >= 4 is 24.1 Å². The summed E-state index contributed by atoms with van der Waals surface area (Å²) < 4.78 is 54.6. The van der Waals surface area contributed by atoms with Gasteiger partial charge in [0.2, 0.25) is 5.91 Å². The van der Waals surface area contributed by atoms with Gasteiger partial charge in [-0.3, -0.25) is 8.98 Å². The molecule has 0 saturated carbocycles. The average Bonchev–Trinajstić information content (AvgIpc) is 3.10. The first-order valence-corrected chi connectivity index (χ1v) is 15.7. The third kappa shape index (κ3) is 4.65. The third-order valence-corrected chi connectivity index (χ3v) is 9.62. The third-order valence-electron chi connectivity index (χ3n) is 5.89. The van der Waals surface area contributed by atoms with Gasteiger partial charge in [0.25, 0.3) is 10.1 Å². The number of amides is 1. The lowest BCUT2D eigenvalue weighted by atomic mass is 10.1. The summed E-state index contributed by atoms with van der Waals surface area (Å²) in [5.41, 5.74) is 0.732. The fourth-order valence-corrected chi connectivity index (χ4v) is 7.12. The molecule has 9 nitrogen and oxygen atoms in total. The van der Waals surface area contributed by atoms with Gasteiger partial charge in [0.1, 0.15) is 24.5 Å². The number of hydrogen-bond acceptors (Lipinski definition) is 8. The van der Waals surface area contributed by atoms with Crippen molar-refractivity contribution in [1.82, 2.24) is 5.32 Å². The van der Waals surface area contributed by atoms with Gasteiger partial charge in [-0.25, -0.2) is 0 Å². The molecule has 0 bridgehead atoms. The zero-order valence-electron chi connectivity index (χ0n) is 19.2. The molecule has 0 radical (unpaired) electrons. The van der Waals surface area contributed by atoms with E-state index in [1.54, 1.807) is 26.0 Å². The first-order valence-electron chi connectivity index (χ1n) is 10.7. The normalized spacial score (nSPS) is 34.1. The van der Waals surface area contributed by atoms with Crippen molar-refractivity contribution in [3.8, 4) is 0 Å². The van der Waals surface area contributed by atoms with E-state index in [0.29, 0.717) is 0 Å². The highest BCUT2D eigenvalue weighted by Crippen LogP contribution is 2.42. The minimum atomic E-state index is -3.98. The molecule has 3 aliphatic rings. The average molecular weight is 486 g/mol. The Balaban J connectivity index is 1.49. The standard InChI is InChI=1S/C21H31NO8SSi/c1-12-7-9-13(10-8-12)31(24,25)26-11-14-15(16-20(27-14)30-21(2,3)29-16)28-19-17(18(23)22-19)32(4,5)6/h7-10,14-17,19-20H,11H2,1-6H3,(H,22,23)/t14-,15+,16-,17-,19-,20-/m1/s1. The molecule has 0 spiro atoms. The molecule has 11 heteroatoms. The molecule has 1 N–H and O–H groups in total. The molecule has 1 aromatic rings. The number of ether oxygens (including phenoxy) is 4. The zero-order valence-corrected chi connectivity index (χ0v) is 21.0. The molecule has 178 valence electrons. The minimum absolute atomic E-state index is 0.0247. The van der Waals surface area contributed by atoms with Gasteiger partial charge in [-0.1, -0.05) is 37.3 Å². The maximum absolute atomic E-state index is 12.6. The van der Waals surface area contributed by atoms with Crippen LogP contribution in [0.2, 0.25) is 25.2 Å². The number of carbonyl (C=O) groups is 1. The predicted molar refractivity (Wildman–Crippen MR) is 117 cm³/mol. The number of benzene rings is 1. The van der Waals surface area contributed by atoms with Crippen LogP contribution >= 0.6 is 0 Å². The van der Waals surface area contributed by atoms with Gasteiger partial charge < -0.3 is 24.3 Å². The van der Waals surface area contributed by atoms with Crippen LogP contribution < -0.4 is 5.32 Å². The van der Waals surface area contributed by atoms with Gasteiger partial charge in [-0.2, -0.15) is 8.42 Å². The molecule has 32 heavy (non-hydrogen) atoms. The molecular weight excluding hydrogens is 454 g/mol. The van der Waals surface area contributed by atoms with Crippen LogP contribution in [0.5, 0.6) is 0 Å². The zero-order chi connectivity index (χ0) is 23.5. The van der Waals surface area contributed by atoms with E-state index in [9.17, 15) is 13.2 Å². The maximum atomic E-state index is 12.6. The second kappa shape index (κ2) is 8.15. The van der Waals surface area contributed by atoms with Crippen molar-refractivity contribution in [3.63, 3.8) is 0 Å². The molecule has 6 atom stereocenters. The van der Waals surface area contributed by atoms with Crippen LogP contribution in [0.1, 0.15) is 19.4 Å². The molecule has 3 heterocycles. The Morgan fingerprint density at radius 1 is 1.12 bits per heavy atom. The number of carbonyl (C=O) groups excluding carboxylic acids is 1. The maximum Gasteiger partial charge on any atom is 0.297 e. The van der Waals surface area contributed by atoms with Gasteiger partial charge in [0, 0.05) is 0 Å². The Morgan fingerprint density at radius 3 is 2.38 bits per heavy atom. The van der Waals surface area contributed by atoms with Crippen LogP contribution in [0.3, 0.4) is 0 Å². The molecule has 1 aromatic carbocycles. The van der Waals surface area contributed by atoms with E-state index in [1.807, 2.05) is 6.92 Å². The van der Waals surface area contributed by atoms with Crippen molar-refractivity contribution in [2.75, 3.05) is 6.61 Å². The van der Waals surface area contributed by atoms with E-state index < -0.39 is 54.8 Å². The number of rotatable bonds is 7. The summed E-state index contributed by atoms with van der Waals surface area (Å²) in [5.74, 6) is -0.888. The summed E-state index contributed by atoms with van der Waals surface area (Å²) >= 11 is 0. The number of hydrogen-bond donors (Lipinski definition) is 1. The molecule has 0 aromatic heterocycles. The van der Waals surface area contributed by atoms with E-state index in [2.05, 4.69) is 25.0 Å².